The van der Waals surface area contributed by atoms with Crippen molar-refractivity contribution in [1.29, 1.82) is 0 Å². The van der Waals surface area contributed by atoms with Crippen LogP contribution in [0.1, 0.15) is 39.0 Å². The van der Waals surface area contributed by atoms with Crippen LogP contribution in [0.25, 0.3) is 0 Å². The molecule has 102 valence electrons. The fraction of sp³-hybridized carbons (Fsp3) is 1.00. The zero-order chi connectivity index (χ0) is 12.5. The van der Waals surface area contributed by atoms with Crippen LogP contribution in [0.5, 0.6) is 0 Å². The molecule has 0 aliphatic carbocycles. The van der Waals surface area contributed by atoms with Crippen molar-refractivity contribution in [2.45, 2.75) is 45.1 Å². The number of likely N-dealkylation sites (N-methyl/N-ethyl adjacent to an activating group) is 1. The van der Waals surface area contributed by atoms with E-state index in [-0.39, 0.29) is 0 Å². The summed E-state index contributed by atoms with van der Waals surface area (Å²) in [6.45, 7) is 8.43. The Balaban J connectivity index is 2.05. The molecule has 1 heterocycles. The number of piperazine rings is 1. The summed E-state index contributed by atoms with van der Waals surface area (Å²) >= 11 is 0. The molecule has 0 aromatic carbocycles. The van der Waals surface area contributed by atoms with Gasteiger partial charge < -0.3 is 14.5 Å². The van der Waals surface area contributed by atoms with Gasteiger partial charge in [0.1, 0.15) is 0 Å². The smallest absolute Gasteiger partial charge is 0.0571 e. The van der Waals surface area contributed by atoms with Crippen molar-refractivity contribution >= 4 is 0 Å². The van der Waals surface area contributed by atoms with Crippen LogP contribution in [0, 0.1) is 0 Å². The van der Waals surface area contributed by atoms with E-state index in [9.17, 15) is 0 Å². The number of ether oxygens (including phenoxy) is 1. The van der Waals surface area contributed by atoms with Crippen molar-refractivity contribution in [2.75, 3.05) is 46.9 Å². The van der Waals surface area contributed by atoms with Crippen molar-refractivity contribution in [3.63, 3.8) is 0 Å². The van der Waals surface area contributed by atoms with Gasteiger partial charge in [0.25, 0.3) is 0 Å². The lowest BCUT2D eigenvalue weighted by Gasteiger charge is -2.32. The van der Waals surface area contributed by atoms with Crippen molar-refractivity contribution < 1.29 is 4.74 Å². The first-order valence-corrected chi connectivity index (χ1v) is 7.20. The molecule has 0 amide bonds. The second-order valence-electron chi connectivity index (χ2n) is 5.29. The maximum absolute atomic E-state index is 5.53. The summed E-state index contributed by atoms with van der Waals surface area (Å²) in [4.78, 5) is 5.00. The van der Waals surface area contributed by atoms with Crippen LogP contribution >= 0.6 is 0 Å². The third-order valence-electron chi connectivity index (χ3n) is 3.81. The third kappa shape index (κ3) is 6.39. The number of rotatable bonds is 8. The molecular formula is C14H30N2O. The number of unbranched alkanes of at least 4 members (excludes halogenated alkanes) is 1. The van der Waals surface area contributed by atoms with Crippen LogP contribution in [0.15, 0.2) is 0 Å². The Hall–Kier alpha value is -0.120. The molecule has 0 bridgehead atoms. The topological polar surface area (TPSA) is 15.7 Å². The molecule has 0 unspecified atom stereocenters. The van der Waals surface area contributed by atoms with E-state index in [0.717, 1.165) is 0 Å². The molecule has 1 rings (SSSR count). The number of hydrogen-bond donors (Lipinski definition) is 0. The summed E-state index contributed by atoms with van der Waals surface area (Å²) in [6, 6.07) is 0. The van der Waals surface area contributed by atoms with Gasteiger partial charge in [-0.25, -0.2) is 0 Å². The first kappa shape index (κ1) is 14.9. The van der Waals surface area contributed by atoms with Gasteiger partial charge in [0.15, 0.2) is 0 Å². The Kier molecular flexibility index (Phi) is 7.82. The fourth-order valence-corrected chi connectivity index (χ4v) is 2.43. The first-order chi connectivity index (χ1) is 8.26. The lowest BCUT2D eigenvalue weighted by molar-refractivity contribution is 0.0777. The fourth-order valence-electron chi connectivity index (χ4n) is 2.43. The SMILES string of the molecule is CCCC[C@H](CCCN1CCN(C)CC1)OC. The summed E-state index contributed by atoms with van der Waals surface area (Å²) < 4.78 is 5.53. The molecule has 1 aliphatic rings. The normalized spacial score (nSPS) is 20.6. The van der Waals surface area contributed by atoms with E-state index in [4.69, 9.17) is 4.74 Å². The quantitative estimate of drug-likeness (QED) is 0.649. The average molecular weight is 242 g/mol. The number of methoxy groups -OCH3 is 1. The van der Waals surface area contributed by atoms with Gasteiger partial charge in [0, 0.05) is 33.3 Å². The molecule has 0 N–H and O–H groups in total. The van der Waals surface area contributed by atoms with Crippen LogP contribution in [-0.4, -0.2) is 62.8 Å². The molecule has 1 fully saturated rings. The van der Waals surface area contributed by atoms with Crippen molar-refractivity contribution in [2.24, 2.45) is 0 Å². The van der Waals surface area contributed by atoms with Gasteiger partial charge in [-0.05, 0) is 32.9 Å². The molecule has 1 saturated heterocycles. The molecule has 0 spiro atoms. The zero-order valence-corrected chi connectivity index (χ0v) is 12.0. The van der Waals surface area contributed by atoms with Crippen LogP contribution in [0.2, 0.25) is 0 Å². The van der Waals surface area contributed by atoms with E-state index >= 15 is 0 Å². The summed E-state index contributed by atoms with van der Waals surface area (Å²) in [7, 11) is 4.07. The molecule has 1 aliphatic heterocycles. The van der Waals surface area contributed by atoms with Gasteiger partial charge in [0.2, 0.25) is 0 Å². The molecule has 3 nitrogen and oxygen atoms in total. The minimum absolute atomic E-state index is 0.488. The predicted octanol–water partition coefficient (Wildman–Crippen LogP) is 2.22. The van der Waals surface area contributed by atoms with E-state index in [1.165, 1.54) is 64.8 Å². The molecule has 1 atom stereocenters. The Bertz CT molecular complexity index is 174. The highest BCUT2D eigenvalue weighted by Crippen LogP contribution is 2.11. The molecule has 0 saturated carbocycles. The van der Waals surface area contributed by atoms with Crippen molar-refractivity contribution in [3.05, 3.63) is 0 Å². The Labute approximate surface area is 107 Å². The van der Waals surface area contributed by atoms with Crippen LogP contribution < -0.4 is 0 Å². The summed E-state index contributed by atoms with van der Waals surface area (Å²) in [5, 5.41) is 0. The van der Waals surface area contributed by atoms with Gasteiger partial charge in [-0.1, -0.05) is 19.8 Å². The zero-order valence-electron chi connectivity index (χ0n) is 12.0. The average Bonchev–Trinajstić information content (AvgIpc) is 2.36. The number of hydrogen-bond acceptors (Lipinski definition) is 3. The molecule has 17 heavy (non-hydrogen) atoms. The predicted molar refractivity (Wildman–Crippen MR) is 73.5 cm³/mol. The minimum Gasteiger partial charge on any atom is -0.381 e. The van der Waals surface area contributed by atoms with Gasteiger partial charge in [-0.2, -0.15) is 0 Å². The second-order valence-corrected chi connectivity index (χ2v) is 5.29. The highest BCUT2D eigenvalue weighted by Gasteiger charge is 2.14. The highest BCUT2D eigenvalue weighted by atomic mass is 16.5. The molecular weight excluding hydrogens is 212 g/mol. The van der Waals surface area contributed by atoms with E-state index in [1.54, 1.807) is 0 Å². The van der Waals surface area contributed by atoms with Crippen molar-refractivity contribution in [1.82, 2.24) is 9.80 Å². The molecule has 0 aromatic heterocycles. The van der Waals surface area contributed by atoms with Gasteiger partial charge >= 0.3 is 0 Å². The molecule has 3 heteroatoms. The van der Waals surface area contributed by atoms with E-state index in [0.29, 0.717) is 6.10 Å². The summed E-state index contributed by atoms with van der Waals surface area (Å²) in [5.74, 6) is 0. The largest absolute Gasteiger partial charge is 0.381 e. The monoisotopic (exact) mass is 242 g/mol. The number of nitrogens with zero attached hydrogens (tertiary/aromatic N) is 2. The highest BCUT2D eigenvalue weighted by molar-refractivity contribution is 4.69. The lowest BCUT2D eigenvalue weighted by Crippen LogP contribution is -2.44. The van der Waals surface area contributed by atoms with Crippen molar-refractivity contribution in [3.8, 4) is 0 Å². The maximum Gasteiger partial charge on any atom is 0.0571 e. The first-order valence-electron chi connectivity index (χ1n) is 7.20. The van der Waals surface area contributed by atoms with E-state index < -0.39 is 0 Å². The van der Waals surface area contributed by atoms with Crippen LogP contribution in [-0.2, 0) is 4.74 Å². The Morgan fingerprint density at radius 3 is 2.29 bits per heavy atom. The molecule has 0 aromatic rings. The lowest BCUT2D eigenvalue weighted by atomic mass is 10.1. The Morgan fingerprint density at radius 2 is 1.71 bits per heavy atom. The summed E-state index contributed by atoms with van der Waals surface area (Å²) in [5.41, 5.74) is 0. The van der Waals surface area contributed by atoms with E-state index in [1.807, 2.05) is 7.11 Å². The standard InChI is InChI=1S/C14H30N2O/c1-4-5-7-14(17-3)8-6-9-16-12-10-15(2)11-13-16/h14H,4-13H2,1-3H3/t14-/m1/s1. The Morgan fingerprint density at radius 1 is 1.06 bits per heavy atom. The van der Waals surface area contributed by atoms with Gasteiger partial charge in [-0.3, -0.25) is 0 Å². The second kappa shape index (κ2) is 8.90. The van der Waals surface area contributed by atoms with E-state index in [2.05, 4.69) is 23.8 Å². The van der Waals surface area contributed by atoms with Crippen LogP contribution in [0.3, 0.4) is 0 Å². The minimum atomic E-state index is 0.488. The summed E-state index contributed by atoms with van der Waals surface area (Å²) in [6.07, 6.45) is 6.80. The third-order valence-corrected chi connectivity index (χ3v) is 3.81. The van der Waals surface area contributed by atoms with Crippen LogP contribution in [0.4, 0.5) is 0 Å². The maximum atomic E-state index is 5.53. The molecule has 0 radical (unpaired) electrons. The van der Waals surface area contributed by atoms with Gasteiger partial charge in [0.05, 0.1) is 6.10 Å². The van der Waals surface area contributed by atoms with Gasteiger partial charge in [-0.15, -0.1) is 0 Å².